The van der Waals surface area contributed by atoms with Crippen molar-refractivity contribution in [2.45, 2.75) is 6.92 Å². The van der Waals surface area contributed by atoms with E-state index in [0.717, 1.165) is 16.9 Å². The number of ether oxygens (including phenoxy) is 1. The molecule has 0 bridgehead atoms. The summed E-state index contributed by atoms with van der Waals surface area (Å²) in [6.45, 7) is 1.55. The van der Waals surface area contributed by atoms with Gasteiger partial charge in [-0.05, 0) is 36.3 Å². The van der Waals surface area contributed by atoms with E-state index in [1.807, 2.05) is 24.3 Å². The van der Waals surface area contributed by atoms with Gasteiger partial charge in [-0.2, -0.15) is 0 Å². The first kappa shape index (κ1) is 12.0. The predicted octanol–water partition coefficient (Wildman–Crippen LogP) is 3.06. The molecule has 0 amide bonds. The summed E-state index contributed by atoms with van der Waals surface area (Å²) in [5.41, 5.74) is 2.01. The van der Waals surface area contributed by atoms with E-state index in [0.29, 0.717) is 5.33 Å². The van der Waals surface area contributed by atoms with Crippen LogP contribution in [0.4, 0.5) is 0 Å². The maximum absolute atomic E-state index is 11.0. The number of methoxy groups -OCH3 is 1. The molecule has 1 aromatic carbocycles. The van der Waals surface area contributed by atoms with Crippen molar-refractivity contribution in [2.24, 2.45) is 0 Å². The zero-order valence-corrected chi connectivity index (χ0v) is 10.4. The fourth-order valence-corrected chi connectivity index (χ4v) is 1.74. The first-order chi connectivity index (χ1) is 7.17. The molecule has 0 spiro atoms. The molecule has 0 aromatic heterocycles. The highest BCUT2D eigenvalue weighted by Gasteiger charge is 2.01. The molecule has 0 aliphatic heterocycles. The van der Waals surface area contributed by atoms with E-state index in [4.69, 9.17) is 4.74 Å². The van der Waals surface area contributed by atoms with Gasteiger partial charge in [0.2, 0.25) is 0 Å². The Morgan fingerprint density at radius 1 is 1.40 bits per heavy atom. The van der Waals surface area contributed by atoms with Crippen LogP contribution in [0, 0.1) is 0 Å². The van der Waals surface area contributed by atoms with Crippen LogP contribution in [-0.4, -0.2) is 18.2 Å². The molecule has 0 unspecified atom stereocenters. The van der Waals surface area contributed by atoms with Crippen molar-refractivity contribution in [3.63, 3.8) is 0 Å². The number of halogens is 1. The normalized spacial score (nSPS) is 11.3. The lowest BCUT2D eigenvalue weighted by molar-refractivity contribution is -0.112. The van der Waals surface area contributed by atoms with Crippen molar-refractivity contribution in [1.29, 1.82) is 0 Å². The van der Waals surface area contributed by atoms with Gasteiger partial charge in [-0.1, -0.05) is 28.1 Å². The molecule has 2 nitrogen and oxygen atoms in total. The Balaban J connectivity index is 2.98. The van der Waals surface area contributed by atoms with Gasteiger partial charge in [0.15, 0.2) is 5.78 Å². The third-order valence-electron chi connectivity index (χ3n) is 1.98. The minimum absolute atomic E-state index is 0.0558. The molecule has 0 aliphatic carbocycles. The van der Waals surface area contributed by atoms with E-state index in [9.17, 15) is 4.79 Å². The lowest BCUT2D eigenvalue weighted by atomic mass is 10.1. The minimum atomic E-state index is 0.0558. The number of allylic oxidation sites excluding steroid dienone is 2. The molecule has 1 rings (SSSR count). The second-order valence-electron chi connectivity index (χ2n) is 3.14. The fraction of sp³-hybridized carbons (Fsp3) is 0.250. The lowest BCUT2D eigenvalue weighted by Crippen LogP contribution is -1.91. The number of carbonyl (C=O) groups is 1. The fourth-order valence-electron chi connectivity index (χ4n) is 1.25. The molecule has 1 aromatic rings. The number of hydrogen-bond donors (Lipinski definition) is 0. The van der Waals surface area contributed by atoms with Crippen molar-refractivity contribution in [3.05, 3.63) is 35.9 Å². The Kier molecular flexibility index (Phi) is 4.56. The van der Waals surface area contributed by atoms with Crippen LogP contribution < -0.4 is 4.74 Å². The van der Waals surface area contributed by atoms with Crippen molar-refractivity contribution in [3.8, 4) is 5.75 Å². The van der Waals surface area contributed by atoms with Crippen LogP contribution in [0.2, 0.25) is 0 Å². The minimum Gasteiger partial charge on any atom is -0.497 e. The number of carbonyl (C=O) groups excluding carboxylic acids is 1. The molecular formula is C12H13BrO2. The summed E-state index contributed by atoms with van der Waals surface area (Å²) in [7, 11) is 1.63. The second-order valence-corrected chi connectivity index (χ2v) is 3.70. The first-order valence-corrected chi connectivity index (χ1v) is 5.71. The molecule has 0 radical (unpaired) electrons. The molecule has 0 aliphatic rings. The summed E-state index contributed by atoms with van der Waals surface area (Å²) in [5, 5.41) is 0.666. The summed E-state index contributed by atoms with van der Waals surface area (Å²) in [6, 6.07) is 7.64. The number of hydrogen-bond acceptors (Lipinski definition) is 2. The van der Waals surface area contributed by atoms with E-state index in [1.54, 1.807) is 20.1 Å². The number of benzene rings is 1. The molecule has 0 heterocycles. The Hall–Kier alpha value is -1.09. The quantitative estimate of drug-likeness (QED) is 0.620. The van der Waals surface area contributed by atoms with E-state index in [1.165, 1.54) is 0 Å². The van der Waals surface area contributed by atoms with Crippen LogP contribution in [0.3, 0.4) is 0 Å². The molecule has 0 fully saturated rings. The molecule has 3 heteroatoms. The van der Waals surface area contributed by atoms with Gasteiger partial charge < -0.3 is 4.74 Å². The van der Waals surface area contributed by atoms with E-state index in [2.05, 4.69) is 15.9 Å². The van der Waals surface area contributed by atoms with Crippen LogP contribution in [0.15, 0.2) is 30.3 Å². The second kappa shape index (κ2) is 5.71. The molecule has 0 atom stereocenters. The molecule has 15 heavy (non-hydrogen) atoms. The molecular weight excluding hydrogens is 256 g/mol. The summed E-state index contributed by atoms with van der Waals surface area (Å²) in [6.07, 6.45) is 1.64. The van der Waals surface area contributed by atoms with Crippen molar-refractivity contribution >= 4 is 27.3 Å². The van der Waals surface area contributed by atoms with Crippen molar-refractivity contribution in [1.82, 2.24) is 0 Å². The first-order valence-electron chi connectivity index (χ1n) is 4.59. The van der Waals surface area contributed by atoms with E-state index >= 15 is 0 Å². The van der Waals surface area contributed by atoms with Crippen LogP contribution in [0.25, 0.3) is 5.57 Å². The van der Waals surface area contributed by atoms with Crippen LogP contribution in [-0.2, 0) is 4.79 Å². The van der Waals surface area contributed by atoms with Gasteiger partial charge in [0.25, 0.3) is 0 Å². The third-order valence-corrected chi connectivity index (χ3v) is 2.59. The lowest BCUT2D eigenvalue weighted by Gasteiger charge is -2.05. The van der Waals surface area contributed by atoms with Gasteiger partial charge in [0.05, 0.1) is 7.11 Å². The largest absolute Gasteiger partial charge is 0.497 e. The van der Waals surface area contributed by atoms with Gasteiger partial charge in [-0.15, -0.1) is 0 Å². The molecule has 0 saturated carbocycles. The summed E-state index contributed by atoms with van der Waals surface area (Å²) >= 11 is 3.36. The molecule has 0 N–H and O–H groups in total. The number of ketones is 1. The Morgan fingerprint density at radius 3 is 2.40 bits per heavy atom. The number of alkyl halides is 1. The van der Waals surface area contributed by atoms with Gasteiger partial charge in [-0.3, -0.25) is 4.79 Å². The summed E-state index contributed by atoms with van der Waals surface area (Å²) in [4.78, 5) is 11.0. The highest BCUT2D eigenvalue weighted by Crippen LogP contribution is 2.20. The summed E-state index contributed by atoms with van der Waals surface area (Å²) < 4.78 is 5.07. The number of rotatable bonds is 4. The van der Waals surface area contributed by atoms with Gasteiger partial charge >= 0.3 is 0 Å². The van der Waals surface area contributed by atoms with E-state index in [-0.39, 0.29) is 5.78 Å². The highest BCUT2D eigenvalue weighted by atomic mass is 79.9. The molecule has 0 saturated heterocycles. The zero-order valence-electron chi connectivity index (χ0n) is 8.79. The van der Waals surface area contributed by atoms with Gasteiger partial charge in [-0.25, -0.2) is 0 Å². The topological polar surface area (TPSA) is 26.3 Å². The van der Waals surface area contributed by atoms with Crippen molar-refractivity contribution < 1.29 is 9.53 Å². The zero-order chi connectivity index (χ0) is 11.3. The maximum Gasteiger partial charge on any atom is 0.152 e. The van der Waals surface area contributed by atoms with Crippen LogP contribution >= 0.6 is 15.9 Å². The average Bonchev–Trinajstić information content (AvgIpc) is 2.26. The Morgan fingerprint density at radius 2 is 2.00 bits per heavy atom. The van der Waals surface area contributed by atoms with Crippen molar-refractivity contribution in [2.75, 3.05) is 12.4 Å². The monoisotopic (exact) mass is 268 g/mol. The SMILES string of the molecule is COc1ccc(/C(=C/C(C)=O)CBr)cc1. The Bertz CT molecular complexity index is 366. The summed E-state index contributed by atoms with van der Waals surface area (Å²) in [5.74, 6) is 0.871. The van der Waals surface area contributed by atoms with Gasteiger partial charge in [0, 0.05) is 5.33 Å². The Labute approximate surface area is 98.1 Å². The average molecular weight is 269 g/mol. The highest BCUT2D eigenvalue weighted by molar-refractivity contribution is 9.09. The maximum atomic E-state index is 11.0. The van der Waals surface area contributed by atoms with E-state index < -0.39 is 0 Å². The molecule has 80 valence electrons. The van der Waals surface area contributed by atoms with Crippen LogP contribution in [0.1, 0.15) is 12.5 Å². The standard InChI is InChI=1S/C12H13BrO2/c1-9(14)7-11(8-13)10-3-5-12(15-2)6-4-10/h3-7H,8H2,1-2H3/b11-7+. The van der Waals surface area contributed by atoms with Crippen LogP contribution in [0.5, 0.6) is 5.75 Å². The smallest absolute Gasteiger partial charge is 0.152 e. The third kappa shape index (κ3) is 3.51. The van der Waals surface area contributed by atoms with Gasteiger partial charge in [0.1, 0.15) is 5.75 Å². The predicted molar refractivity (Wildman–Crippen MR) is 65.4 cm³/mol.